The Morgan fingerprint density at radius 1 is 1.05 bits per heavy atom. The molecule has 2 aliphatic rings. The summed E-state index contributed by atoms with van der Waals surface area (Å²) in [7, 11) is 0. The first-order chi connectivity index (χ1) is 9.81. The number of fused-ring (bicyclic) bond motifs is 1. The van der Waals surface area contributed by atoms with Crippen LogP contribution in [0.5, 0.6) is 0 Å². The average Bonchev–Trinajstić information content (AvgIpc) is 3.26. The molecule has 0 aromatic rings. The molecule has 1 saturated heterocycles. The Bertz CT molecular complexity index is 265. The molecule has 0 bridgehead atoms. The Kier molecular flexibility index (Phi) is 8.92. The van der Waals surface area contributed by atoms with Gasteiger partial charge in [-0.05, 0) is 25.7 Å². The predicted octanol–water partition coefficient (Wildman–Crippen LogP) is 4.48. The molecule has 1 saturated carbocycles. The Morgan fingerprint density at radius 2 is 1.75 bits per heavy atom. The lowest BCUT2D eigenvalue weighted by molar-refractivity contribution is -0.149. The Morgan fingerprint density at radius 3 is 2.45 bits per heavy atom. The summed E-state index contributed by atoms with van der Waals surface area (Å²) in [5, 5.41) is 0. The molecule has 0 amide bonds. The molecular formula is C17H32O3. The minimum absolute atomic E-state index is 0.0116. The zero-order valence-electron chi connectivity index (χ0n) is 13.5. The minimum Gasteiger partial charge on any atom is -0.465 e. The van der Waals surface area contributed by atoms with E-state index in [1.54, 1.807) is 0 Å². The van der Waals surface area contributed by atoms with Gasteiger partial charge in [0.25, 0.3) is 0 Å². The van der Waals surface area contributed by atoms with Gasteiger partial charge in [0.15, 0.2) is 0 Å². The van der Waals surface area contributed by atoms with E-state index in [1.807, 2.05) is 13.8 Å². The van der Waals surface area contributed by atoms with Crippen molar-refractivity contribution in [2.24, 2.45) is 5.92 Å². The summed E-state index contributed by atoms with van der Waals surface area (Å²) in [6, 6.07) is 0. The summed E-state index contributed by atoms with van der Waals surface area (Å²) < 4.78 is 10.8. The molecule has 3 atom stereocenters. The van der Waals surface area contributed by atoms with E-state index in [1.165, 1.54) is 32.1 Å². The van der Waals surface area contributed by atoms with Gasteiger partial charge in [0.05, 0.1) is 24.7 Å². The van der Waals surface area contributed by atoms with E-state index in [0.717, 1.165) is 25.7 Å². The highest BCUT2D eigenvalue weighted by Crippen LogP contribution is 2.39. The Labute approximate surface area is 124 Å². The number of carbonyl (C=O) groups excluding carboxylic acids is 1. The number of rotatable bonds is 8. The van der Waals surface area contributed by atoms with Gasteiger partial charge in [0.2, 0.25) is 0 Å². The van der Waals surface area contributed by atoms with E-state index < -0.39 is 0 Å². The van der Waals surface area contributed by atoms with Crippen molar-refractivity contribution in [1.82, 2.24) is 0 Å². The number of carbonyl (C=O) groups is 1. The van der Waals surface area contributed by atoms with Crippen LogP contribution in [0.15, 0.2) is 0 Å². The number of ether oxygens (including phenoxy) is 2. The van der Waals surface area contributed by atoms with Gasteiger partial charge in [-0.2, -0.15) is 0 Å². The van der Waals surface area contributed by atoms with E-state index in [9.17, 15) is 4.79 Å². The van der Waals surface area contributed by atoms with Crippen LogP contribution in [0.4, 0.5) is 0 Å². The van der Waals surface area contributed by atoms with Crippen LogP contribution in [-0.4, -0.2) is 24.8 Å². The van der Waals surface area contributed by atoms with Gasteiger partial charge in [-0.15, -0.1) is 0 Å². The summed E-state index contributed by atoms with van der Waals surface area (Å²) >= 11 is 0. The van der Waals surface area contributed by atoms with Crippen molar-refractivity contribution in [3.8, 4) is 0 Å². The largest absolute Gasteiger partial charge is 0.465 e. The summed E-state index contributed by atoms with van der Waals surface area (Å²) in [5.74, 6) is 0.117. The zero-order valence-corrected chi connectivity index (χ0v) is 13.5. The highest BCUT2D eigenvalue weighted by Gasteiger charge is 2.46. The topological polar surface area (TPSA) is 38.8 Å². The fourth-order valence-electron chi connectivity index (χ4n) is 2.79. The molecule has 3 nitrogen and oxygen atoms in total. The molecule has 2 fully saturated rings. The smallest absolute Gasteiger partial charge is 0.309 e. The Balaban J connectivity index is 0.000000956. The number of hydrogen-bond acceptors (Lipinski definition) is 3. The SMILES string of the molecule is CC.CCCCCCCCOC(=O)C1CCC2OC2C1. The molecular weight excluding hydrogens is 252 g/mol. The number of esters is 1. The fourth-order valence-corrected chi connectivity index (χ4v) is 2.79. The van der Waals surface area contributed by atoms with Gasteiger partial charge >= 0.3 is 5.97 Å². The van der Waals surface area contributed by atoms with Crippen molar-refractivity contribution in [2.45, 2.75) is 90.8 Å². The molecule has 3 heteroatoms. The fraction of sp³-hybridized carbons (Fsp3) is 0.941. The molecule has 1 heterocycles. The van der Waals surface area contributed by atoms with Crippen LogP contribution in [0, 0.1) is 5.92 Å². The van der Waals surface area contributed by atoms with Gasteiger partial charge in [-0.3, -0.25) is 4.79 Å². The molecule has 20 heavy (non-hydrogen) atoms. The van der Waals surface area contributed by atoms with Crippen LogP contribution < -0.4 is 0 Å². The highest BCUT2D eigenvalue weighted by molar-refractivity contribution is 5.72. The van der Waals surface area contributed by atoms with E-state index in [4.69, 9.17) is 9.47 Å². The summed E-state index contributed by atoms with van der Waals surface area (Å²) in [6.07, 6.45) is 11.1. The molecule has 0 radical (unpaired) electrons. The molecule has 118 valence electrons. The number of unbranched alkanes of at least 4 members (excludes halogenated alkanes) is 5. The maximum atomic E-state index is 11.8. The van der Waals surface area contributed by atoms with Gasteiger partial charge < -0.3 is 9.47 Å². The van der Waals surface area contributed by atoms with E-state index in [2.05, 4.69) is 6.92 Å². The molecule has 0 aromatic carbocycles. The van der Waals surface area contributed by atoms with Gasteiger partial charge in [-0.1, -0.05) is 52.9 Å². The van der Waals surface area contributed by atoms with Crippen LogP contribution in [0.2, 0.25) is 0 Å². The number of hydrogen-bond donors (Lipinski definition) is 0. The molecule has 0 spiro atoms. The molecule has 1 aliphatic heterocycles. The van der Waals surface area contributed by atoms with Crippen molar-refractivity contribution >= 4 is 5.97 Å². The van der Waals surface area contributed by atoms with Crippen LogP contribution in [-0.2, 0) is 14.3 Å². The monoisotopic (exact) mass is 284 g/mol. The minimum atomic E-state index is 0.0116. The zero-order chi connectivity index (χ0) is 14.8. The quantitative estimate of drug-likeness (QED) is 0.374. The highest BCUT2D eigenvalue weighted by atomic mass is 16.6. The van der Waals surface area contributed by atoms with E-state index >= 15 is 0 Å². The van der Waals surface area contributed by atoms with E-state index in [0.29, 0.717) is 18.8 Å². The summed E-state index contributed by atoms with van der Waals surface area (Å²) in [6.45, 7) is 6.83. The van der Waals surface area contributed by atoms with Crippen LogP contribution >= 0.6 is 0 Å². The normalized spacial score (nSPS) is 27.1. The van der Waals surface area contributed by atoms with Gasteiger partial charge in [-0.25, -0.2) is 0 Å². The van der Waals surface area contributed by atoms with Crippen molar-refractivity contribution in [2.75, 3.05) is 6.61 Å². The first kappa shape index (κ1) is 17.5. The lowest BCUT2D eigenvalue weighted by Crippen LogP contribution is -2.24. The first-order valence-electron chi connectivity index (χ1n) is 8.63. The van der Waals surface area contributed by atoms with Gasteiger partial charge in [0.1, 0.15) is 0 Å². The maximum Gasteiger partial charge on any atom is 0.309 e. The summed E-state index contributed by atoms with van der Waals surface area (Å²) in [5.41, 5.74) is 0. The molecule has 0 aromatic heterocycles. The first-order valence-corrected chi connectivity index (χ1v) is 8.63. The van der Waals surface area contributed by atoms with Gasteiger partial charge in [0, 0.05) is 0 Å². The molecule has 0 N–H and O–H groups in total. The second kappa shape index (κ2) is 10.2. The van der Waals surface area contributed by atoms with Crippen molar-refractivity contribution in [3.05, 3.63) is 0 Å². The summed E-state index contributed by atoms with van der Waals surface area (Å²) in [4.78, 5) is 11.8. The Hall–Kier alpha value is -0.570. The second-order valence-electron chi connectivity index (χ2n) is 5.66. The average molecular weight is 284 g/mol. The maximum absolute atomic E-state index is 11.8. The third-order valence-electron chi connectivity index (χ3n) is 4.08. The predicted molar refractivity (Wildman–Crippen MR) is 81.7 cm³/mol. The van der Waals surface area contributed by atoms with E-state index in [-0.39, 0.29) is 11.9 Å². The molecule has 1 aliphatic carbocycles. The van der Waals surface area contributed by atoms with Crippen molar-refractivity contribution in [1.29, 1.82) is 0 Å². The third kappa shape index (κ3) is 6.25. The lowest BCUT2D eigenvalue weighted by Gasteiger charge is -2.17. The number of epoxide rings is 1. The molecule has 2 rings (SSSR count). The molecule has 3 unspecified atom stereocenters. The van der Waals surface area contributed by atoms with Crippen LogP contribution in [0.25, 0.3) is 0 Å². The standard InChI is InChI=1S/C15H26O3.C2H6/c1-2-3-4-5-6-7-10-17-15(16)12-8-9-13-14(11-12)18-13;1-2/h12-14H,2-11H2,1H3;1-2H3. The van der Waals surface area contributed by atoms with Crippen molar-refractivity contribution in [3.63, 3.8) is 0 Å². The second-order valence-corrected chi connectivity index (χ2v) is 5.66. The van der Waals surface area contributed by atoms with Crippen LogP contribution in [0.1, 0.15) is 78.6 Å². The third-order valence-corrected chi connectivity index (χ3v) is 4.08. The van der Waals surface area contributed by atoms with Crippen LogP contribution in [0.3, 0.4) is 0 Å². The lowest BCUT2D eigenvalue weighted by atomic mass is 9.89. The van der Waals surface area contributed by atoms with Crippen molar-refractivity contribution < 1.29 is 14.3 Å².